The number of fused-ring (bicyclic) bond motifs is 1. The molecular weight excluding hydrogens is 382 g/mol. The maximum atomic E-state index is 12.4. The van der Waals surface area contributed by atoms with Crippen molar-refractivity contribution in [3.05, 3.63) is 49.9 Å². The van der Waals surface area contributed by atoms with Crippen LogP contribution in [-0.4, -0.2) is 15.5 Å². The Hall–Kier alpha value is -0.412. The van der Waals surface area contributed by atoms with Gasteiger partial charge in [-0.3, -0.25) is 9.20 Å². The van der Waals surface area contributed by atoms with Gasteiger partial charge in [0.05, 0.1) is 5.52 Å². The molecule has 2 radical (unpaired) electrons. The van der Waals surface area contributed by atoms with Crippen LogP contribution in [0.25, 0.3) is 5.52 Å². The van der Waals surface area contributed by atoms with Gasteiger partial charge in [0.25, 0.3) is 5.56 Å². The third-order valence-corrected chi connectivity index (χ3v) is 4.02. The van der Waals surface area contributed by atoms with Gasteiger partial charge in [0.2, 0.25) is 0 Å². The molecule has 0 saturated carbocycles. The molecule has 2 aromatic heterocycles. The molecule has 0 amide bonds. The summed E-state index contributed by atoms with van der Waals surface area (Å²) >= 11 is 0. The third-order valence-electron chi connectivity index (χ3n) is 4.02. The molecule has 0 saturated heterocycles. The molecule has 6 heteroatoms. The van der Waals surface area contributed by atoms with Crippen LogP contribution in [0, 0.1) is 34.6 Å². The second kappa shape index (κ2) is 7.23. The predicted molar refractivity (Wildman–Crippen MR) is 74.3 cm³/mol. The zero-order valence-corrected chi connectivity index (χ0v) is 17.0. The number of hydrogen-bond acceptors (Lipinski definition) is 2. The van der Waals surface area contributed by atoms with Crippen LogP contribution < -0.4 is 5.56 Å². The van der Waals surface area contributed by atoms with Gasteiger partial charge in [-0.05, 0) is 62.9 Å². The summed E-state index contributed by atoms with van der Waals surface area (Å²) < 4.78 is 1.51. The van der Waals surface area contributed by atoms with Crippen molar-refractivity contribution in [2.75, 3.05) is 0 Å². The first-order chi connectivity index (χ1) is 8.77. The van der Waals surface area contributed by atoms with E-state index in [2.05, 4.69) is 0 Å². The normalized spacial score (nSPS) is 9.95. The smallest absolute Gasteiger partial charge is 0.341 e. The number of rotatable bonds is 1. The summed E-state index contributed by atoms with van der Waals surface area (Å²) in [6.45, 7) is 9.31. The number of pyridine rings is 2. The maximum absolute atomic E-state index is 12.4. The molecule has 2 aromatic rings. The van der Waals surface area contributed by atoms with Gasteiger partial charge in [0, 0.05) is 57.0 Å². The molecule has 0 fully saturated rings. The van der Waals surface area contributed by atoms with Gasteiger partial charge in [-0.2, -0.15) is 0 Å². The van der Waals surface area contributed by atoms with E-state index < -0.39 is 11.5 Å². The molecule has 0 bridgehead atoms. The summed E-state index contributed by atoms with van der Waals surface area (Å²) in [7, 11) is 0. The van der Waals surface area contributed by atoms with Crippen LogP contribution in [0.3, 0.4) is 0 Å². The number of aryl methyl sites for hydroxylation is 3. The van der Waals surface area contributed by atoms with Crippen molar-refractivity contribution < 1.29 is 61.2 Å². The third kappa shape index (κ3) is 3.19. The van der Waals surface area contributed by atoms with E-state index in [1.807, 2.05) is 33.8 Å². The van der Waals surface area contributed by atoms with E-state index in [-0.39, 0.29) is 56.8 Å². The van der Waals surface area contributed by atoms with Gasteiger partial charge >= 0.3 is 5.97 Å². The standard InChI is InChI=1S/C15H17NO3.V.Y/c1-7-6-12-9(3)10(4)13(15(18)19)14(17)16(12)11(5)8(7)2;;/h6H,1-5H3,(H,18,19);;. The Labute approximate surface area is 160 Å². The molecule has 2 heterocycles. The zero-order chi connectivity index (χ0) is 14.5. The second-order valence-electron chi connectivity index (χ2n) is 4.99. The van der Waals surface area contributed by atoms with Crippen molar-refractivity contribution >= 4 is 11.5 Å². The average Bonchev–Trinajstić information content (AvgIpc) is 2.32. The van der Waals surface area contributed by atoms with Gasteiger partial charge in [-0.25, -0.2) is 4.79 Å². The number of carbonyl (C=O) groups is 1. The van der Waals surface area contributed by atoms with Crippen molar-refractivity contribution in [2.24, 2.45) is 0 Å². The van der Waals surface area contributed by atoms with Crippen LogP contribution in [-0.2, 0) is 51.3 Å². The molecule has 0 spiro atoms. The van der Waals surface area contributed by atoms with E-state index in [1.165, 1.54) is 4.40 Å². The van der Waals surface area contributed by atoms with Crippen molar-refractivity contribution in [1.29, 1.82) is 0 Å². The van der Waals surface area contributed by atoms with E-state index >= 15 is 0 Å². The Bertz CT molecular complexity index is 781. The van der Waals surface area contributed by atoms with E-state index in [9.17, 15) is 14.7 Å². The second-order valence-corrected chi connectivity index (χ2v) is 4.99. The van der Waals surface area contributed by atoms with E-state index in [0.29, 0.717) is 5.56 Å². The molecule has 0 aliphatic rings. The SMILES string of the molecule is Cc1cc2c(C)c(C)c(C(=O)O)c(=O)n2c(C)c1C.[V].[Y]. The van der Waals surface area contributed by atoms with Crippen LogP contribution in [0.15, 0.2) is 10.9 Å². The maximum Gasteiger partial charge on any atom is 0.341 e. The number of aromatic nitrogens is 1. The zero-order valence-electron chi connectivity index (χ0n) is 12.8. The fourth-order valence-corrected chi connectivity index (χ4v) is 2.45. The average molecular weight is 399 g/mol. The molecule has 1 N–H and O–H groups in total. The number of hydrogen-bond donors (Lipinski definition) is 1. The largest absolute Gasteiger partial charge is 0.477 e. The molecule has 4 nitrogen and oxygen atoms in total. The quantitative estimate of drug-likeness (QED) is 0.802. The van der Waals surface area contributed by atoms with Crippen molar-refractivity contribution in [1.82, 2.24) is 4.40 Å². The molecule has 2 rings (SSSR count). The van der Waals surface area contributed by atoms with Gasteiger partial charge in [-0.1, -0.05) is 0 Å². The Kier molecular flexibility index (Phi) is 7.09. The summed E-state index contributed by atoms with van der Waals surface area (Å²) in [5.74, 6) is -1.17. The first-order valence-corrected chi connectivity index (χ1v) is 6.13. The van der Waals surface area contributed by atoms with Crippen LogP contribution in [0.5, 0.6) is 0 Å². The van der Waals surface area contributed by atoms with Gasteiger partial charge in [0.1, 0.15) is 5.56 Å². The molecular formula is C15H17NO3VY. The van der Waals surface area contributed by atoms with Crippen LogP contribution in [0.2, 0.25) is 0 Å². The monoisotopic (exact) mass is 399 g/mol. The molecule has 0 aliphatic carbocycles. The Morgan fingerprint density at radius 1 is 1.05 bits per heavy atom. The predicted octanol–water partition coefficient (Wildman–Crippen LogP) is 2.53. The molecule has 108 valence electrons. The fraction of sp³-hybridized carbons (Fsp3) is 0.333. The van der Waals surface area contributed by atoms with Crippen LogP contribution >= 0.6 is 0 Å². The van der Waals surface area contributed by atoms with Gasteiger partial charge in [-0.15, -0.1) is 0 Å². The van der Waals surface area contributed by atoms with Gasteiger partial charge in [0.15, 0.2) is 0 Å². The number of nitrogens with zero attached hydrogens (tertiary/aromatic N) is 1. The summed E-state index contributed by atoms with van der Waals surface area (Å²) in [5, 5.41) is 9.23. The van der Waals surface area contributed by atoms with Crippen LogP contribution in [0.4, 0.5) is 0 Å². The molecule has 0 atom stereocenters. The van der Waals surface area contributed by atoms with E-state index in [4.69, 9.17) is 0 Å². The van der Waals surface area contributed by atoms with Crippen molar-refractivity contribution in [3.63, 3.8) is 0 Å². The molecule has 21 heavy (non-hydrogen) atoms. The minimum absolute atomic E-state index is 0. The van der Waals surface area contributed by atoms with Crippen molar-refractivity contribution in [2.45, 2.75) is 34.6 Å². The minimum atomic E-state index is -1.17. The Morgan fingerprint density at radius 2 is 1.57 bits per heavy atom. The number of carboxylic acids is 1. The Morgan fingerprint density at radius 3 is 2.05 bits per heavy atom. The minimum Gasteiger partial charge on any atom is -0.477 e. The summed E-state index contributed by atoms with van der Waals surface area (Å²) in [4.78, 5) is 23.7. The topological polar surface area (TPSA) is 58.8 Å². The number of aromatic carboxylic acids is 1. The van der Waals surface area contributed by atoms with E-state index in [1.54, 1.807) is 6.92 Å². The summed E-state index contributed by atoms with van der Waals surface area (Å²) in [6.07, 6.45) is 0. The molecule has 0 unspecified atom stereocenters. The first kappa shape index (κ1) is 20.6. The molecule has 0 aromatic carbocycles. The van der Waals surface area contributed by atoms with Crippen LogP contribution in [0.1, 0.15) is 38.3 Å². The fourth-order valence-electron chi connectivity index (χ4n) is 2.45. The molecule has 0 aliphatic heterocycles. The number of carboxylic acid groups (broad SMARTS) is 1. The first-order valence-electron chi connectivity index (χ1n) is 6.13. The van der Waals surface area contributed by atoms with Crippen molar-refractivity contribution in [3.8, 4) is 0 Å². The Balaban J connectivity index is 0.00000200. The summed E-state index contributed by atoms with van der Waals surface area (Å²) in [5.41, 5.74) is 4.48. The van der Waals surface area contributed by atoms with Gasteiger partial charge < -0.3 is 5.11 Å². The summed E-state index contributed by atoms with van der Waals surface area (Å²) in [6, 6.07) is 1.94. The van der Waals surface area contributed by atoms with E-state index in [0.717, 1.165) is 27.9 Å².